The Labute approximate surface area is 204 Å². The Morgan fingerprint density at radius 3 is 1.47 bits per heavy atom. The van der Waals surface area contributed by atoms with Gasteiger partial charge >= 0.3 is 11.9 Å². The third-order valence-corrected chi connectivity index (χ3v) is 5.27. The van der Waals surface area contributed by atoms with Gasteiger partial charge < -0.3 is 30.8 Å². The maximum absolute atomic E-state index is 11.6. The number of carbonyl (C=O) groups is 3. The second kappa shape index (κ2) is 25.9. The first-order valence-corrected chi connectivity index (χ1v) is 12.6. The van der Waals surface area contributed by atoms with E-state index in [-0.39, 0.29) is 32.1 Å². The Hall–Kier alpha value is -1.75. The summed E-state index contributed by atoms with van der Waals surface area (Å²) in [6, 6.07) is -1.34. The number of aliphatic carboxylic acids is 2. The number of hydrogen-bond acceptors (Lipinski definition) is 7. The summed E-state index contributed by atoms with van der Waals surface area (Å²) in [4.78, 5) is 34.8. The van der Waals surface area contributed by atoms with E-state index in [9.17, 15) is 14.4 Å². The van der Waals surface area contributed by atoms with E-state index in [2.05, 4.69) is 12.2 Å². The van der Waals surface area contributed by atoms with Crippen LogP contribution in [0.1, 0.15) is 90.4 Å². The van der Waals surface area contributed by atoms with Crippen molar-refractivity contribution in [3.63, 3.8) is 0 Å². The van der Waals surface area contributed by atoms with Crippen LogP contribution in [0, 0.1) is 0 Å². The van der Waals surface area contributed by atoms with E-state index in [0.29, 0.717) is 26.1 Å². The van der Waals surface area contributed by atoms with E-state index in [1.54, 1.807) is 4.90 Å². The van der Waals surface area contributed by atoms with Crippen molar-refractivity contribution in [1.82, 2.24) is 10.2 Å². The first-order valence-electron chi connectivity index (χ1n) is 12.6. The van der Waals surface area contributed by atoms with Gasteiger partial charge in [0.2, 0.25) is 5.91 Å². The van der Waals surface area contributed by atoms with Gasteiger partial charge in [0.25, 0.3) is 0 Å². The van der Waals surface area contributed by atoms with Crippen LogP contribution in [0.2, 0.25) is 0 Å². The Balaban J connectivity index is 0. The number of aliphatic hydroxyl groups is 3. The van der Waals surface area contributed by atoms with Gasteiger partial charge in [0.05, 0.1) is 26.2 Å². The van der Waals surface area contributed by atoms with Crippen LogP contribution in [0.3, 0.4) is 0 Å². The Morgan fingerprint density at radius 2 is 1.12 bits per heavy atom. The highest BCUT2D eigenvalue weighted by Gasteiger charge is 2.22. The quantitative estimate of drug-likeness (QED) is 0.124. The van der Waals surface area contributed by atoms with Crippen LogP contribution in [-0.2, 0) is 14.4 Å². The van der Waals surface area contributed by atoms with Crippen molar-refractivity contribution in [3.05, 3.63) is 0 Å². The summed E-state index contributed by atoms with van der Waals surface area (Å²) in [5, 5.41) is 45.2. The van der Waals surface area contributed by atoms with Crippen molar-refractivity contribution in [3.8, 4) is 0 Å². The lowest BCUT2D eigenvalue weighted by molar-refractivity contribution is -0.147. The molecule has 1 amide bonds. The van der Waals surface area contributed by atoms with E-state index in [1.807, 2.05) is 0 Å². The summed E-state index contributed by atoms with van der Waals surface area (Å²) in [6.45, 7) is 3.97. The van der Waals surface area contributed by atoms with Gasteiger partial charge in [-0.25, -0.2) is 4.79 Å². The van der Waals surface area contributed by atoms with Gasteiger partial charge in [-0.3, -0.25) is 14.5 Å². The Morgan fingerprint density at radius 1 is 0.706 bits per heavy atom. The number of carbonyl (C=O) groups excluding carboxylic acids is 1. The maximum Gasteiger partial charge on any atom is 0.326 e. The highest BCUT2D eigenvalue weighted by atomic mass is 16.4. The third kappa shape index (κ3) is 24.9. The van der Waals surface area contributed by atoms with Crippen molar-refractivity contribution < 1.29 is 39.9 Å². The first-order chi connectivity index (χ1) is 16.3. The topological polar surface area (TPSA) is 168 Å². The van der Waals surface area contributed by atoms with Crippen molar-refractivity contribution in [1.29, 1.82) is 0 Å². The summed E-state index contributed by atoms with van der Waals surface area (Å²) in [5.41, 5.74) is 0. The number of nitrogens with one attached hydrogen (secondary N) is 1. The summed E-state index contributed by atoms with van der Waals surface area (Å²) in [7, 11) is 0. The molecule has 0 aliphatic heterocycles. The maximum atomic E-state index is 11.6. The molecule has 0 saturated heterocycles. The lowest BCUT2D eigenvalue weighted by atomic mass is 10.1. The fourth-order valence-corrected chi connectivity index (χ4v) is 3.35. The normalized spacial score (nSPS) is 11.6. The van der Waals surface area contributed by atoms with Crippen molar-refractivity contribution in [2.75, 3.05) is 39.5 Å². The molecule has 202 valence electrons. The fourth-order valence-electron chi connectivity index (χ4n) is 3.35. The Kier molecular flexibility index (Phi) is 26.2. The molecule has 0 rings (SSSR count). The minimum absolute atomic E-state index is 0.0694. The highest BCUT2D eigenvalue weighted by Crippen LogP contribution is 2.12. The predicted octanol–water partition coefficient (Wildman–Crippen LogP) is 2.00. The second-order valence-corrected chi connectivity index (χ2v) is 8.35. The van der Waals surface area contributed by atoms with Gasteiger partial charge in [0, 0.05) is 26.1 Å². The van der Waals surface area contributed by atoms with Crippen LogP contribution in [0.15, 0.2) is 0 Å². The molecule has 0 fully saturated rings. The van der Waals surface area contributed by atoms with Crippen LogP contribution in [0.4, 0.5) is 0 Å². The van der Waals surface area contributed by atoms with Crippen LogP contribution in [0.25, 0.3) is 0 Å². The molecule has 0 radical (unpaired) electrons. The standard InChI is InChI=1S/C18H33NO5.C6H15NO3/c1-2-3-4-5-6-7-8-9-10-11-12-13-16(20)19-15(18(23)24)14-17(21)22;8-4-1-7(2-5-9)3-6-10/h15H,2-14H2,1H3,(H,19,20)(H,21,22)(H,23,24);8-10H,1-6H2/t15-;/m0./s1. The van der Waals surface area contributed by atoms with Gasteiger partial charge in [-0.05, 0) is 6.42 Å². The molecule has 6 N–H and O–H groups in total. The molecule has 10 nitrogen and oxygen atoms in total. The lowest BCUT2D eigenvalue weighted by Crippen LogP contribution is -2.42. The molecule has 34 heavy (non-hydrogen) atoms. The third-order valence-electron chi connectivity index (χ3n) is 5.27. The number of amides is 1. The highest BCUT2D eigenvalue weighted by molar-refractivity contribution is 5.86. The Bertz CT molecular complexity index is 491. The lowest BCUT2D eigenvalue weighted by Gasteiger charge is -2.17. The first kappa shape index (κ1) is 34.4. The van der Waals surface area contributed by atoms with Gasteiger partial charge in [-0.1, -0.05) is 71.1 Å². The molecule has 0 aliphatic rings. The van der Waals surface area contributed by atoms with E-state index in [4.69, 9.17) is 25.5 Å². The van der Waals surface area contributed by atoms with Gasteiger partial charge in [-0.15, -0.1) is 0 Å². The molecule has 0 heterocycles. The minimum Gasteiger partial charge on any atom is -0.481 e. The van der Waals surface area contributed by atoms with E-state index < -0.39 is 24.4 Å². The van der Waals surface area contributed by atoms with Crippen LogP contribution >= 0.6 is 0 Å². The fraction of sp³-hybridized carbons (Fsp3) is 0.875. The average Bonchev–Trinajstić information content (AvgIpc) is 2.77. The van der Waals surface area contributed by atoms with Crippen LogP contribution < -0.4 is 5.32 Å². The van der Waals surface area contributed by atoms with E-state index in [1.165, 1.54) is 51.4 Å². The number of carboxylic acid groups (broad SMARTS) is 2. The van der Waals surface area contributed by atoms with Gasteiger partial charge in [0.15, 0.2) is 0 Å². The molecular formula is C24H48N2O8. The molecule has 0 aromatic rings. The molecule has 0 aliphatic carbocycles. The van der Waals surface area contributed by atoms with Crippen LogP contribution in [0.5, 0.6) is 0 Å². The van der Waals surface area contributed by atoms with Gasteiger partial charge in [0.1, 0.15) is 6.04 Å². The molecule has 0 bridgehead atoms. The molecule has 1 atom stereocenters. The SMILES string of the molecule is CCCCCCCCCCCCCC(=O)N[C@@H](CC(=O)O)C(=O)O.OCCN(CCO)CCO. The molecular weight excluding hydrogens is 444 g/mol. The van der Waals surface area contributed by atoms with Gasteiger partial charge in [-0.2, -0.15) is 0 Å². The largest absolute Gasteiger partial charge is 0.481 e. The molecule has 0 aromatic heterocycles. The number of carboxylic acids is 2. The zero-order valence-electron chi connectivity index (χ0n) is 20.9. The van der Waals surface area contributed by atoms with E-state index >= 15 is 0 Å². The predicted molar refractivity (Wildman–Crippen MR) is 131 cm³/mol. The number of unbranched alkanes of at least 4 members (excludes halogenated alkanes) is 10. The molecule has 0 unspecified atom stereocenters. The minimum atomic E-state index is -1.34. The molecule has 0 saturated carbocycles. The van der Waals surface area contributed by atoms with Crippen molar-refractivity contribution in [2.45, 2.75) is 96.4 Å². The summed E-state index contributed by atoms with van der Waals surface area (Å²) < 4.78 is 0. The number of aliphatic hydroxyl groups excluding tert-OH is 3. The zero-order valence-corrected chi connectivity index (χ0v) is 20.9. The molecule has 0 aromatic carbocycles. The van der Waals surface area contributed by atoms with Crippen molar-refractivity contribution >= 4 is 17.8 Å². The summed E-state index contributed by atoms with van der Waals surface area (Å²) in [5.74, 6) is -2.94. The smallest absolute Gasteiger partial charge is 0.326 e. The molecule has 0 spiro atoms. The zero-order chi connectivity index (χ0) is 26.0. The summed E-state index contributed by atoms with van der Waals surface area (Å²) in [6.07, 6.45) is 12.7. The average molecular weight is 493 g/mol. The number of rotatable bonds is 22. The monoisotopic (exact) mass is 492 g/mol. The van der Waals surface area contributed by atoms with Crippen LogP contribution in [-0.4, -0.2) is 93.8 Å². The van der Waals surface area contributed by atoms with E-state index in [0.717, 1.165) is 12.8 Å². The number of nitrogens with zero attached hydrogens (tertiary/aromatic N) is 1. The van der Waals surface area contributed by atoms with Crippen molar-refractivity contribution in [2.24, 2.45) is 0 Å². The number of hydrogen-bond donors (Lipinski definition) is 6. The molecule has 10 heteroatoms. The summed E-state index contributed by atoms with van der Waals surface area (Å²) >= 11 is 0. The second-order valence-electron chi connectivity index (χ2n) is 8.35.